The molecule has 0 saturated heterocycles. The molecule has 5 rings (SSSR count). The van der Waals surface area contributed by atoms with Crippen molar-refractivity contribution >= 4 is 5.78 Å². The lowest BCUT2D eigenvalue weighted by Crippen LogP contribution is -3.10. The third-order valence-corrected chi connectivity index (χ3v) is 9.21. The molecule has 5 nitrogen and oxygen atoms in total. The van der Waals surface area contributed by atoms with Crippen molar-refractivity contribution in [1.29, 1.82) is 0 Å². The Balaban J connectivity index is 1.55. The van der Waals surface area contributed by atoms with Gasteiger partial charge in [-0.05, 0) is 64.5 Å². The molecule has 2 aromatic rings. The molecule has 35 heavy (non-hydrogen) atoms. The normalized spacial score (nSPS) is 25.5. The van der Waals surface area contributed by atoms with Gasteiger partial charge in [0.1, 0.15) is 6.04 Å². The standard InChI is InChI=1S/C30H39NO4/c1-17-11-22-21(29(3,4)15-18(2)30(22,5)6)13-20(17)24(32)14-23-26-19(9-10-31(23)7)12-25-27(28(26)33-8)35-16-34-25/h11-13,18,23H,9-10,14-16H2,1-8H3/p+1/t18-,23-/m1/s1. The minimum Gasteiger partial charge on any atom is -0.492 e. The maximum atomic E-state index is 13.9. The summed E-state index contributed by atoms with van der Waals surface area (Å²) in [6.07, 6.45) is 2.49. The van der Waals surface area contributed by atoms with Crippen molar-refractivity contribution in [3.8, 4) is 17.2 Å². The molecule has 0 fully saturated rings. The second-order valence-electron chi connectivity index (χ2n) is 12.2. The van der Waals surface area contributed by atoms with Crippen LogP contribution in [0.15, 0.2) is 18.2 Å². The number of ketones is 1. The number of nitrogens with one attached hydrogen (secondary N) is 1. The molecule has 2 aliphatic heterocycles. The molecule has 0 spiro atoms. The fourth-order valence-electron chi connectivity index (χ4n) is 6.69. The molecule has 3 aliphatic rings. The first kappa shape index (κ1) is 24.2. The maximum absolute atomic E-state index is 13.9. The summed E-state index contributed by atoms with van der Waals surface area (Å²) in [5.74, 6) is 2.93. The van der Waals surface area contributed by atoms with Crippen molar-refractivity contribution in [2.24, 2.45) is 5.92 Å². The Morgan fingerprint density at radius 3 is 2.60 bits per heavy atom. The van der Waals surface area contributed by atoms with Gasteiger partial charge in [0.2, 0.25) is 12.5 Å². The summed E-state index contributed by atoms with van der Waals surface area (Å²) in [5.41, 5.74) is 7.12. The lowest BCUT2D eigenvalue weighted by molar-refractivity contribution is -0.913. The van der Waals surface area contributed by atoms with Crippen molar-refractivity contribution in [3.63, 3.8) is 0 Å². The number of rotatable bonds is 4. The van der Waals surface area contributed by atoms with Crippen LogP contribution in [0.4, 0.5) is 0 Å². The fourth-order valence-corrected chi connectivity index (χ4v) is 6.69. The summed E-state index contributed by atoms with van der Waals surface area (Å²) < 4.78 is 17.3. The van der Waals surface area contributed by atoms with Crippen molar-refractivity contribution in [3.05, 3.63) is 51.6 Å². The van der Waals surface area contributed by atoms with E-state index in [-0.39, 0.29) is 29.4 Å². The van der Waals surface area contributed by atoms with E-state index in [0.29, 0.717) is 18.1 Å². The van der Waals surface area contributed by atoms with Gasteiger partial charge in [0.05, 0.1) is 32.7 Å². The third kappa shape index (κ3) is 3.74. The molecule has 0 bridgehead atoms. The largest absolute Gasteiger partial charge is 0.492 e. The molecule has 188 valence electrons. The maximum Gasteiger partial charge on any atom is 0.231 e. The van der Waals surface area contributed by atoms with E-state index in [2.05, 4.69) is 66.8 Å². The topological polar surface area (TPSA) is 49.2 Å². The van der Waals surface area contributed by atoms with Crippen LogP contribution in [-0.4, -0.2) is 33.3 Å². The number of fused-ring (bicyclic) bond motifs is 3. The molecule has 2 heterocycles. The zero-order valence-corrected chi connectivity index (χ0v) is 22.6. The SMILES string of the molecule is COc1c2c(cc3c1[C@@H](CC(=O)c1cc4c(cc1C)C(C)(C)[C@H](C)CC4(C)C)[NH+](C)CC3)OCO2. The molecule has 5 heteroatoms. The number of carbonyl (C=O) groups excluding carboxylic acids is 1. The van der Waals surface area contributed by atoms with Crippen molar-refractivity contribution in [2.45, 2.75) is 77.7 Å². The quantitative estimate of drug-likeness (QED) is 0.647. The van der Waals surface area contributed by atoms with Crippen molar-refractivity contribution in [2.75, 3.05) is 27.5 Å². The second-order valence-corrected chi connectivity index (χ2v) is 12.2. The van der Waals surface area contributed by atoms with Crippen LogP contribution < -0.4 is 19.1 Å². The Hall–Kier alpha value is -2.53. The van der Waals surface area contributed by atoms with Gasteiger partial charge in [-0.3, -0.25) is 4.79 Å². The summed E-state index contributed by atoms with van der Waals surface area (Å²) >= 11 is 0. The van der Waals surface area contributed by atoms with Crippen LogP contribution in [0.1, 0.15) is 91.7 Å². The van der Waals surface area contributed by atoms with Gasteiger partial charge in [0.25, 0.3) is 0 Å². The Bertz CT molecular complexity index is 1200. The first-order valence-electron chi connectivity index (χ1n) is 13.0. The average Bonchev–Trinajstić information content (AvgIpc) is 3.26. The number of Topliss-reactive ketones (excluding diaryl/α,β-unsaturated/α-hetero) is 1. The monoisotopic (exact) mass is 478 g/mol. The highest BCUT2D eigenvalue weighted by atomic mass is 16.7. The van der Waals surface area contributed by atoms with Gasteiger partial charge in [0, 0.05) is 12.0 Å². The number of carbonyl (C=O) groups is 1. The molecule has 3 atom stereocenters. The van der Waals surface area contributed by atoms with Gasteiger partial charge in [-0.15, -0.1) is 0 Å². The number of quaternary nitrogens is 1. The molecule has 0 saturated carbocycles. The Morgan fingerprint density at radius 2 is 1.89 bits per heavy atom. The molecule has 1 aliphatic carbocycles. The van der Waals surface area contributed by atoms with Crippen LogP contribution in [-0.2, 0) is 17.3 Å². The van der Waals surface area contributed by atoms with Gasteiger partial charge in [0.15, 0.2) is 17.3 Å². The fraction of sp³-hybridized carbons (Fsp3) is 0.567. The Morgan fingerprint density at radius 1 is 1.14 bits per heavy atom. The predicted molar refractivity (Wildman–Crippen MR) is 137 cm³/mol. The minimum absolute atomic E-state index is 0.00982. The smallest absolute Gasteiger partial charge is 0.231 e. The molecule has 0 radical (unpaired) electrons. The number of methoxy groups -OCH3 is 1. The summed E-state index contributed by atoms with van der Waals surface area (Å²) in [4.78, 5) is 15.3. The first-order chi connectivity index (χ1) is 16.5. The van der Waals surface area contributed by atoms with Crippen LogP contribution in [0, 0.1) is 12.8 Å². The highest BCUT2D eigenvalue weighted by molar-refractivity contribution is 5.98. The number of hydrogen-bond donors (Lipinski definition) is 1. The average molecular weight is 479 g/mol. The first-order valence-corrected chi connectivity index (χ1v) is 13.0. The Labute approximate surface area is 209 Å². The molecular weight excluding hydrogens is 438 g/mol. The molecule has 1 unspecified atom stereocenters. The van der Waals surface area contributed by atoms with E-state index in [9.17, 15) is 4.79 Å². The number of likely N-dealkylation sites (N-methyl/N-ethyl adjacent to an activating group) is 1. The summed E-state index contributed by atoms with van der Waals surface area (Å²) in [7, 11) is 3.86. The van der Waals surface area contributed by atoms with Gasteiger partial charge in [-0.2, -0.15) is 0 Å². The number of aryl methyl sites for hydroxylation is 1. The number of benzene rings is 2. The summed E-state index contributed by atoms with van der Waals surface area (Å²) in [5, 5.41) is 0. The van der Waals surface area contributed by atoms with Gasteiger partial charge >= 0.3 is 0 Å². The number of ether oxygens (including phenoxy) is 3. The van der Waals surface area contributed by atoms with E-state index >= 15 is 0 Å². The molecular formula is C30H40NO4+. The van der Waals surface area contributed by atoms with Crippen LogP contribution >= 0.6 is 0 Å². The lowest BCUT2D eigenvalue weighted by Gasteiger charge is -2.47. The van der Waals surface area contributed by atoms with Crippen LogP contribution in [0.5, 0.6) is 17.2 Å². The highest BCUT2D eigenvalue weighted by Crippen LogP contribution is 2.50. The van der Waals surface area contributed by atoms with E-state index in [0.717, 1.165) is 47.6 Å². The molecule has 0 amide bonds. The lowest BCUT2D eigenvalue weighted by atomic mass is 9.58. The van der Waals surface area contributed by atoms with Crippen molar-refractivity contribution in [1.82, 2.24) is 0 Å². The Kier molecular flexibility index (Phi) is 5.71. The molecule has 1 N–H and O–H groups in total. The van der Waals surface area contributed by atoms with Crippen LogP contribution in [0.25, 0.3) is 0 Å². The van der Waals surface area contributed by atoms with Gasteiger partial charge in [-0.1, -0.05) is 40.7 Å². The number of hydrogen-bond acceptors (Lipinski definition) is 4. The van der Waals surface area contributed by atoms with Crippen molar-refractivity contribution < 1.29 is 23.9 Å². The second kappa shape index (κ2) is 8.26. The van der Waals surface area contributed by atoms with Crippen LogP contribution in [0.3, 0.4) is 0 Å². The van der Waals surface area contributed by atoms with Gasteiger partial charge < -0.3 is 19.1 Å². The van der Waals surface area contributed by atoms with Gasteiger partial charge in [-0.25, -0.2) is 0 Å². The van der Waals surface area contributed by atoms with E-state index in [1.165, 1.54) is 21.6 Å². The van der Waals surface area contributed by atoms with E-state index < -0.39 is 0 Å². The third-order valence-electron chi connectivity index (χ3n) is 9.21. The van der Waals surface area contributed by atoms with E-state index in [1.54, 1.807) is 7.11 Å². The molecule has 0 aromatic heterocycles. The van der Waals surface area contributed by atoms with Crippen LogP contribution in [0.2, 0.25) is 0 Å². The summed E-state index contributed by atoms with van der Waals surface area (Å²) in [6, 6.07) is 6.61. The molecule has 2 aromatic carbocycles. The summed E-state index contributed by atoms with van der Waals surface area (Å²) in [6.45, 7) is 15.0. The highest BCUT2D eigenvalue weighted by Gasteiger charge is 2.43. The zero-order chi connectivity index (χ0) is 25.3. The van der Waals surface area contributed by atoms with E-state index in [1.807, 2.05) is 0 Å². The minimum atomic E-state index is 0.00982. The van der Waals surface area contributed by atoms with E-state index in [4.69, 9.17) is 14.2 Å². The zero-order valence-electron chi connectivity index (χ0n) is 22.6. The predicted octanol–water partition coefficient (Wildman–Crippen LogP) is 4.71.